The van der Waals surface area contributed by atoms with Gasteiger partial charge in [0.05, 0.1) is 9.95 Å². The van der Waals surface area contributed by atoms with Crippen LogP contribution in [0.15, 0.2) is 41.3 Å². The number of sulfone groups is 1. The largest absolute Gasteiger partial charge is 0.378 e. The van der Waals surface area contributed by atoms with Gasteiger partial charge in [0.15, 0.2) is 9.84 Å². The molecule has 0 spiro atoms. The van der Waals surface area contributed by atoms with Crippen LogP contribution in [-0.2, 0) is 9.84 Å². The van der Waals surface area contributed by atoms with Gasteiger partial charge in [0, 0.05) is 24.1 Å². The van der Waals surface area contributed by atoms with Crippen LogP contribution in [0.4, 0.5) is 15.8 Å². The quantitative estimate of drug-likeness (QED) is 0.633. The molecule has 1 atom stereocenters. The average Bonchev–Trinajstić information content (AvgIpc) is 2.48. The van der Waals surface area contributed by atoms with Crippen LogP contribution < -0.4 is 5.32 Å². The Labute approximate surface area is 143 Å². The van der Waals surface area contributed by atoms with Gasteiger partial charge in [-0.3, -0.25) is 10.1 Å². The van der Waals surface area contributed by atoms with E-state index in [1.165, 1.54) is 24.3 Å². The van der Waals surface area contributed by atoms with Crippen LogP contribution >= 0.6 is 11.6 Å². The maximum Gasteiger partial charge on any atom is 0.288 e. The fraction of sp³-hybridized carbons (Fsp3) is 0.200. The summed E-state index contributed by atoms with van der Waals surface area (Å²) in [6, 6.07) is 7.65. The number of rotatable bonds is 5. The third-order valence-electron chi connectivity index (χ3n) is 3.38. The van der Waals surface area contributed by atoms with Crippen LogP contribution in [0.1, 0.15) is 18.5 Å². The van der Waals surface area contributed by atoms with Crippen LogP contribution in [-0.4, -0.2) is 19.6 Å². The van der Waals surface area contributed by atoms with Crippen molar-refractivity contribution in [1.82, 2.24) is 0 Å². The van der Waals surface area contributed by atoms with Gasteiger partial charge in [0.2, 0.25) is 0 Å². The number of hydrogen-bond acceptors (Lipinski definition) is 5. The summed E-state index contributed by atoms with van der Waals surface area (Å²) in [6.45, 7) is 1.77. The molecule has 2 aromatic carbocycles. The number of anilines is 1. The Hall–Kier alpha value is -2.19. The second kappa shape index (κ2) is 6.74. The van der Waals surface area contributed by atoms with Crippen molar-refractivity contribution >= 4 is 32.8 Å². The van der Waals surface area contributed by atoms with Crippen LogP contribution in [0.25, 0.3) is 0 Å². The van der Waals surface area contributed by atoms with E-state index in [1.807, 2.05) is 0 Å². The molecule has 0 aliphatic carbocycles. The second-order valence-corrected chi connectivity index (χ2v) is 7.64. The zero-order valence-electron chi connectivity index (χ0n) is 12.8. The van der Waals surface area contributed by atoms with Crippen molar-refractivity contribution in [2.45, 2.75) is 17.9 Å². The Morgan fingerprint density at radius 3 is 2.46 bits per heavy atom. The highest BCUT2D eigenvalue weighted by atomic mass is 35.5. The number of hydrogen-bond donors (Lipinski definition) is 1. The second-order valence-electron chi connectivity index (χ2n) is 5.25. The van der Waals surface area contributed by atoms with Gasteiger partial charge in [0.25, 0.3) is 5.69 Å². The first-order valence-electron chi connectivity index (χ1n) is 6.79. The number of benzene rings is 2. The van der Waals surface area contributed by atoms with Crippen molar-refractivity contribution in [1.29, 1.82) is 0 Å². The summed E-state index contributed by atoms with van der Waals surface area (Å²) >= 11 is 5.74. The first-order chi connectivity index (χ1) is 11.1. The monoisotopic (exact) mass is 372 g/mol. The lowest BCUT2D eigenvalue weighted by Gasteiger charge is -2.16. The molecule has 0 aliphatic rings. The van der Waals surface area contributed by atoms with Crippen molar-refractivity contribution < 1.29 is 17.7 Å². The number of nitro benzene ring substituents is 1. The van der Waals surface area contributed by atoms with Gasteiger partial charge in [-0.15, -0.1) is 0 Å². The number of halogens is 2. The van der Waals surface area contributed by atoms with E-state index in [4.69, 9.17) is 11.6 Å². The molecule has 2 rings (SSSR count). The lowest BCUT2D eigenvalue weighted by Crippen LogP contribution is -2.09. The highest BCUT2D eigenvalue weighted by Gasteiger charge is 2.23. The Balaban J connectivity index is 2.36. The molecular weight excluding hydrogens is 359 g/mol. The maximum absolute atomic E-state index is 13.2. The Bertz CT molecular complexity index is 902. The summed E-state index contributed by atoms with van der Waals surface area (Å²) in [6.07, 6.45) is 0.905. The molecule has 128 valence electrons. The average molecular weight is 373 g/mol. The molecule has 0 aliphatic heterocycles. The first kappa shape index (κ1) is 18.2. The minimum absolute atomic E-state index is 0.0262. The zero-order valence-corrected chi connectivity index (χ0v) is 14.4. The highest BCUT2D eigenvalue weighted by Crippen LogP contribution is 2.29. The van der Waals surface area contributed by atoms with Crippen LogP contribution in [0.3, 0.4) is 0 Å². The van der Waals surface area contributed by atoms with Crippen molar-refractivity contribution in [3.8, 4) is 0 Å². The number of nitro groups is 1. The fourth-order valence-corrected chi connectivity index (χ4v) is 3.22. The molecule has 1 N–H and O–H groups in total. The summed E-state index contributed by atoms with van der Waals surface area (Å²) < 4.78 is 36.7. The molecule has 0 amide bonds. The fourth-order valence-electron chi connectivity index (χ4n) is 2.17. The molecule has 6 nitrogen and oxygen atoms in total. The molecule has 1 unspecified atom stereocenters. The van der Waals surface area contributed by atoms with Crippen molar-refractivity contribution in [3.63, 3.8) is 0 Å². The van der Waals surface area contributed by atoms with E-state index in [0.717, 1.165) is 12.3 Å². The molecular formula is C15H14ClFN2O4S. The SMILES string of the molecule is CC(Nc1ccc([N+](=O)[O-])c(S(C)(=O)=O)c1)c1ccc(F)c(Cl)c1. The van der Waals surface area contributed by atoms with E-state index in [1.54, 1.807) is 13.0 Å². The minimum Gasteiger partial charge on any atom is -0.378 e. The zero-order chi connectivity index (χ0) is 18.1. The molecule has 2 aromatic rings. The molecule has 0 saturated carbocycles. The maximum atomic E-state index is 13.2. The van der Waals surface area contributed by atoms with E-state index in [2.05, 4.69) is 5.32 Å². The molecule has 0 bridgehead atoms. The van der Waals surface area contributed by atoms with E-state index >= 15 is 0 Å². The molecule has 0 radical (unpaired) electrons. The molecule has 0 saturated heterocycles. The van der Waals surface area contributed by atoms with Crippen LogP contribution in [0.5, 0.6) is 0 Å². The summed E-state index contributed by atoms with van der Waals surface area (Å²) in [5.41, 5.74) is 0.579. The normalized spacial score (nSPS) is 12.7. The standard InChI is InChI=1S/C15H14ClFN2O4S/c1-9(10-3-5-13(17)12(16)7-10)18-11-4-6-14(19(20)21)15(8-11)24(2,22)23/h3-9,18H,1-2H3. The predicted octanol–water partition coefficient (Wildman–Crippen LogP) is 3.96. The molecule has 0 fully saturated rings. The van der Waals surface area contributed by atoms with Gasteiger partial charge in [-0.1, -0.05) is 17.7 Å². The Morgan fingerprint density at radius 1 is 1.25 bits per heavy atom. The van der Waals surface area contributed by atoms with E-state index in [-0.39, 0.29) is 16.0 Å². The molecule has 24 heavy (non-hydrogen) atoms. The molecule has 0 heterocycles. The van der Waals surface area contributed by atoms with E-state index in [0.29, 0.717) is 11.3 Å². The van der Waals surface area contributed by atoms with Crippen molar-refractivity contribution in [2.75, 3.05) is 11.6 Å². The summed E-state index contributed by atoms with van der Waals surface area (Å²) in [4.78, 5) is 9.84. The third kappa shape index (κ3) is 4.01. The summed E-state index contributed by atoms with van der Waals surface area (Å²) in [5.74, 6) is -0.540. The molecule has 0 aromatic heterocycles. The number of nitrogens with zero attached hydrogens (tertiary/aromatic N) is 1. The van der Waals surface area contributed by atoms with E-state index in [9.17, 15) is 22.9 Å². The van der Waals surface area contributed by atoms with Gasteiger partial charge >= 0.3 is 0 Å². The van der Waals surface area contributed by atoms with E-state index < -0.39 is 26.3 Å². The minimum atomic E-state index is -3.77. The topological polar surface area (TPSA) is 89.3 Å². The highest BCUT2D eigenvalue weighted by molar-refractivity contribution is 7.90. The summed E-state index contributed by atoms with van der Waals surface area (Å²) in [5, 5.41) is 14.0. The first-order valence-corrected chi connectivity index (χ1v) is 9.06. The van der Waals surface area contributed by atoms with Gasteiger partial charge in [-0.25, -0.2) is 12.8 Å². The van der Waals surface area contributed by atoms with Gasteiger partial charge < -0.3 is 5.32 Å². The third-order valence-corrected chi connectivity index (χ3v) is 4.80. The van der Waals surface area contributed by atoms with Crippen LogP contribution in [0, 0.1) is 15.9 Å². The molecule has 9 heteroatoms. The number of nitrogens with one attached hydrogen (secondary N) is 1. The van der Waals surface area contributed by atoms with Crippen molar-refractivity contribution in [3.05, 3.63) is 62.9 Å². The Morgan fingerprint density at radius 2 is 1.92 bits per heavy atom. The lowest BCUT2D eigenvalue weighted by molar-refractivity contribution is -0.387. The van der Waals surface area contributed by atoms with Gasteiger partial charge in [0.1, 0.15) is 10.7 Å². The summed E-state index contributed by atoms with van der Waals surface area (Å²) in [7, 11) is -3.77. The predicted molar refractivity (Wildman–Crippen MR) is 89.7 cm³/mol. The Kier molecular flexibility index (Phi) is 5.10. The lowest BCUT2D eigenvalue weighted by atomic mass is 10.1. The van der Waals surface area contributed by atoms with Gasteiger partial charge in [-0.2, -0.15) is 0 Å². The smallest absolute Gasteiger partial charge is 0.288 e. The van der Waals surface area contributed by atoms with Crippen LogP contribution in [0.2, 0.25) is 5.02 Å². The van der Waals surface area contributed by atoms with Gasteiger partial charge in [-0.05, 0) is 36.8 Å². The van der Waals surface area contributed by atoms with Crippen molar-refractivity contribution in [2.24, 2.45) is 0 Å².